The van der Waals surface area contributed by atoms with Gasteiger partial charge in [-0.1, -0.05) is 66.7 Å². The molecule has 5 aromatic rings. The highest BCUT2D eigenvalue weighted by Crippen LogP contribution is 2.13. The highest BCUT2D eigenvalue weighted by Gasteiger charge is 2.15. The molecule has 2 heterocycles. The standard InChI is InChI=1S/C29H29N7O2/c1-21-15-31-28(34-35(17-22-8-4-2-5-9-22)18-23-10-6-3-7-11-23)29(38)36(21)19-27(37)30-16-24-12-13-25-26(14-24)33-20-32-25/h2-15,20H,16-19H2,1H3,(H,30,37)(H,31,34)(H,32,33). The first-order valence-corrected chi connectivity index (χ1v) is 12.4. The number of hydrazine groups is 1. The van der Waals surface area contributed by atoms with Crippen molar-refractivity contribution >= 4 is 22.8 Å². The Labute approximate surface area is 220 Å². The van der Waals surface area contributed by atoms with Gasteiger partial charge in [-0.15, -0.1) is 0 Å². The minimum absolute atomic E-state index is 0.106. The van der Waals surface area contributed by atoms with Gasteiger partial charge < -0.3 is 10.3 Å². The number of nitrogens with one attached hydrogen (secondary N) is 3. The second kappa shape index (κ2) is 11.5. The topological polar surface area (TPSA) is 108 Å². The zero-order chi connectivity index (χ0) is 26.3. The van der Waals surface area contributed by atoms with Crippen LogP contribution in [0.3, 0.4) is 0 Å². The Morgan fingerprint density at radius 3 is 2.29 bits per heavy atom. The SMILES string of the molecule is Cc1cnc(NN(Cc2ccccc2)Cc2ccccc2)c(=O)n1CC(=O)NCc1ccc2nc[nH]c2c1. The van der Waals surface area contributed by atoms with Gasteiger partial charge in [-0.05, 0) is 35.7 Å². The van der Waals surface area contributed by atoms with Crippen LogP contribution in [0.25, 0.3) is 11.0 Å². The number of hydrogen-bond donors (Lipinski definition) is 3. The number of hydrogen-bond acceptors (Lipinski definition) is 6. The van der Waals surface area contributed by atoms with E-state index in [0.717, 1.165) is 27.7 Å². The van der Waals surface area contributed by atoms with Gasteiger partial charge in [-0.3, -0.25) is 19.6 Å². The van der Waals surface area contributed by atoms with E-state index in [0.29, 0.717) is 25.3 Å². The zero-order valence-corrected chi connectivity index (χ0v) is 21.1. The average Bonchev–Trinajstić information content (AvgIpc) is 3.41. The van der Waals surface area contributed by atoms with Crippen molar-refractivity contribution in [3.8, 4) is 0 Å². The van der Waals surface area contributed by atoms with E-state index in [4.69, 9.17) is 0 Å². The van der Waals surface area contributed by atoms with Crippen molar-refractivity contribution in [2.75, 3.05) is 5.43 Å². The van der Waals surface area contributed by atoms with Gasteiger partial charge in [0, 0.05) is 31.5 Å². The summed E-state index contributed by atoms with van der Waals surface area (Å²) in [6.45, 7) is 3.13. The third-order valence-electron chi connectivity index (χ3n) is 6.23. The number of aromatic amines is 1. The van der Waals surface area contributed by atoms with Gasteiger partial charge in [0.05, 0.1) is 17.4 Å². The fourth-order valence-corrected chi connectivity index (χ4v) is 4.23. The van der Waals surface area contributed by atoms with Crippen LogP contribution in [0.2, 0.25) is 0 Å². The Hall–Kier alpha value is -4.76. The molecule has 0 bridgehead atoms. The van der Waals surface area contributed by atoms with Crippen LogP contribution in [0.5, 0.6) is 0 Å². The highest BCUT2D eigenvalue weighted by atomic mass is 16.2. The molecule has 9 nitrogen and oxygen atoms in total. The quantitative estimate of drug-likeness (QED) is 0.248. The monoisotopic (exact) mass is 507 g/mol. The summed E-state index contributed by atoms with van der Waals surface area (Å²) in [5.74, 6) is -0.0950. The molecule has 1 amide bonds. The van der Waals surface area contributed by atoms with Crippen molar-refractivity contribution in [3.05, 3.63) is 124 Å². The van der Waals surface area contributed by atoms with E-state index in [9.17, 15) is 9.59 Å². The Kier molecular flexibility index (Phi) is 7.56. The number of carbonyl (C=O) groups is 1. The largest absolute Gasteiger partial charge is 0.350 e. The number of nitrogens with zero attached hydrogens (tertiary/aromatic N) is 4. The minimum atomic E-state index is -0.356. The number of H-pyrrole nitrogens is 1. The maximum Gasteiger partial charge on any atom is 0.295 e. The normalized spacial score (nSPS) is 11.1. The lowest BCUT2D eigenvalue weighted by atomic mass is 10.2. The Morgan fingerprint density at radius 1 is 0.921 bits per heavy atom. The van der Waals surface area contributed by atoms with E-state index in [1.807, 2.05) is 83.9 Å². The predicted octanol–water partition coefficient (Wildman–Crippen LogP) is 3.77. The molecule has 0 aliphatic heterocycles. The van der Waals surface area contributed by atoms with Gasteiger partial charge in [0.2, 0.25) is 11.7 Å². The number of carbonyl (C=O) groups excluding carboxylic acids is 1. The summed E-state index contributed by atoms with van der Waals surface area (Å²) >= 11 is 0. The molecular formula is C29H29N7O2. The molecule has 0 fully saturated rings. The lowest BCUT2D eigenvalue weighted by molar-refractivity contribution is -0.121. The third-order valence-corrected chi connectivity index (χ3v) is 6.23. The van der Waals surface area contributed by atoms with Gasteiger partial charge in [0.15, 0.2) is 0 Å². The van der Waals surface area contributed by atoms with Crippen molar-refractivity contribution in [1.29, 1.82) is 0 Å². The number of aromatic nitrogens is 4. The summed E-state index contributed by atoms with van der Waals surface area (Å²) in [7, 11) is 0. The number of rotatable bonds is 10. The third kappa shape index (κ3) is 6.13. The van der Waals surface area contributed by atoms with Crippen LogP contribution < -0.4 is 16.3 Å². The molecule has 192 valence electrons. The summed E-state index contributed by atoms with van der Waals surface area (Å²) in [6, 6.07) is 25.8. The smallest absolute Gasteiger partial charge is 0.295 e. The molecule has 0 saturated carbocycles. The van der Waals surface area contributed by atoms with Crippen molar-refractivity contribution in [1.82, 2.24) is 29.8 Å². The van der Waals surface area contributed by atoms with E-state index in [-0.39, 0.29) is 23.8 Å². The van der Waals surface area contributed by atoms with E-state index in [2.05, 4.69) is 25.7 Å². The summed E-state index contributed by atoms with van der Waals surface area (Å²) < 4.78 is 1.44. The lowest BCUT2D eigenvalue weighted by Gasteiger charge is -2.24. The van der Waals surface area contributed by atoms with Crippen LogP contribution in [0.1, 0.15) is 22.4 Å². The molecule has 0 radical (unpaired) electrons. The van der Waals surface area contributed by atoms with Crippen LogP contribution >= 0.6 is 0 Å². The first-order chi connectivity index (χ1) is 18.5. The lowest BCUT2D eigenvalue weighted by Crippen LogP contribution is -2.37. The van der Waals surface area contributed by atoms with Crippen molar-refractivity contribution in [2.45, 2.75) is 33.1 Å². The van der Waals surface area contributed by atoms with Crippen LogP contribution in [0.15, 0.2) is 96.2 Å². The number of amides is 1. The molecular weight excluding hydrogens is 478 g/mol. The zero-order valence-electron chi connectivity index (χ0n) is 21.1. The maximum absolute atomic E-state index is 13.4. The van der Waals surface area contributed by atoms with E-state index >= 15 is 0 Å². The first-order valence-electron chi connectivity index (χ1n) is 12.4. The van der Waals surface area contributed by atoms with E-state index < -0.39 is 0 Å². The molecule has 0 unspecified atom stereocenters. The van der Waals surface area contributed by atoms with Gasteiger partial charge in [-0.25, -0.2) is 15.0 Å². The summed E-state index contributed by atoms with van der Waals surface area (Å²) in [5.41, 5.74) is 8.35. The Bertz CT molecular complexity index is 1540. The number of aryl methyl sites for hydroxylation is 1. The number of imidazole rings is 1. The van der Waals surface area contributed by atoms with Crippen LogP contribution in [0.4, 0.5) is 5.82 Å². The highest BCUT2D eigenvalue weighted by molar-refractivity contribution is 5.77. The fraction of sp³-hybridized carbons (Fsp3) is 0.172. The predicted molar refractivity (Wildman–Crippen MR) is 147 cm³/mol. The molecule has 0 spiro atoms. The molecule has 3 aromatic carbocycles. The van der Waals surface area contributed by atoms with Crippen LogP contribution in [0, 0.1) is 6.92 Å². The summed E-state index contributed by atoms with van der Waals surface area (Å²) in [4.78, 5) is 37.8. The molecule has 38 heavy (non-hydrogen) atoms. The van der Waals surface area contributed by atoms with E-state index in [1.165, 1.54) is 4.57 Å². The molecule has 3 N–H and O–H groups in total. The van der Waals surface area contributed by atoms with Crippen molar-refractivity contribution < 1.29 is 4.79 Å². The Balaban J connectivity index is 1.30. The van der Waals surface area contributed by atoms with Crippen molar-refractivity contribution in [2.24, 2.45) is 0 Å². The van der Waals surface area contributed by atoms with Gasteiger partial charge in [-0.2, -0.15) is 0 Å². The van der Waals surface area contributed by atoms with Gasteiger partial charge >= 0.3 is 0 Å². The van der Waals surface area contributed by atoms with Gasteiger partial charge in [0.25, 0.3) is 5.56 Å². The molecule has 5 rings (SSSR count). The second-order valence-electron chi connectivity index (χ2n) is 9.11. The first kappa shape index (κ1) is 24.9. The maximum atomic E-state index is 13.4. The number of benzene rings is 3. The van der Waals surface area contributed by atoms with Crippen LogP contribution in [-0.4, -0.2) is 30.4 Å². The Morgan fingerprint density at radius 2 is 1.61 bits per heavy atom. The van der Waals surface area contributed by atoms with Crippen LogP contribution in [-0.2, 0) is 31.0 Å². The molecule has 9 heteroatoms. The summed E-state index contributed by atoms with van der Waals surface area (Å²) in [5, 5.41) is 4.84. The van der Waals surface area contributed by atoms with E-state index in [1.54, 1.807) is 19.4 Å². The second-order valence-corrected chi connectivity index (χ2v) is 9.11. The molecule has 0 saturated heterocycles. The molecule has 0 aliphatic rings. The number of fused-ring (bicyclic) bond motifs is 1. The number of anilines is 1. The summed E-state index contributed by atoms with van der Waals surface area (Å²) in [6.07, 6.45) is 3.24. The fourth-order valence-electron chi connectivity index (χ4n) is 4.23. The van der Waals surface area contributed by atoms with Gasteiger partial charge in [0.1, 0.15) is 6.54 Å². The minimum Gasteiger partial charge on any atom is -0.350 e. The molecule has 0 atom stereocenters. The average molecular weight is 508 g/mol. The molecule has 0 aliphatic carbocycles. The van der Waals surface area contributed by atoms with Crippen molar-refractivity contribution in [3.63, 3.8) is 0 Å². The molecule has 2 aromatic heterocycles.